The Morgan fingerprint density at radius 1 is 0.926 bits per heavy atom. The molecule has 0 aliphatic heterocycles. The fourth-order valence-electron chi connectivity index (χ4n) is 2.66. The Hall–Kier alpha value is -3.26. The van der Waals surface area contributed by atoms with E-state index in [0.717, 1.165) is 28.5 Å². The van der Waals surface area contributed by atoms with Crippen LogP contribution in [-0.2, 0) is 17.4 Å². The first-order chi connectivity index (χ1) is 12.9. The second kappa shape index (κ2) is 7.96. The Balaban J connectivity index is 1.56. The molecule has 0 heterocycles. The molecule has 0 fully saturated rings. The van der Waals surface area contributed by atoms with Gasteiger partial charge in [-0.15, -0.1) is 0 Å². The summed E-state index contributed by atoms with van der Waals surface area (Å²) in [7, 11) is 0. The van der Waals surface area contributed by atoms with Crippen LogP contribution in [0.2, 0.25) is 0 Å². The molecule has 0 atom stereocenters. The predicted molar refractivity (Wildman–Crippen MR) is 99.0 cm³/mol. The third-order valence-corrected chi connectivity index (χ3v) is 3.98. The molecule has 0 saturated carbocycles. The highest BCUT2D eigenvalue weighted by atomic mass is 19.4. The minimum absolute atomic E-state index is 0.0721. The van der Waals surface area contributed by atoms with Gasteiger partial charge in [-0.3, -0.25) is 4.79 Å². The summed E-state index contributed by atoms with van der Waals surface area (Å²) in [6.45, 7) is 0.0721. The van der Waals surface area contributed by atoms with E-state index in [9.17, 15) is 18.0 Å². The Kier molecular flexibility index (Phi) is 5.46. The number of halogens is 3. The third kappa shape index (κ3) is 5.11. The number of rotatable bonds is 3. The van der Waals surface area contributed by atoms with Gasteiger partial charge < -0.3 is 5.32 Å². The van der Waals surface area contributed by atoms with E-state index in [1.165, 1.54) is 12.1 Å². The number of nitrogens with one attached hydrogen (secondary N) is 1. The van der Waals surface area contributed by atoms with Gasteiger partial charge in [-0.1, -0.05) is 60.4 Å². The van der Waals surface area contributed by atoms with Gasteiger partial charge in [0, 0.05) is 5.56 Å². The summed E-state index contributed by atoms with van der Waals surface area (Å²) in [6, 6.07) is 18.5. The molecular formula is C22H16F3NO. The highest BCUT2D eigenvalue weighted by Gasteiger charge is 2.30. The van der Waals surface area contributed by atoms with Crippen molar-refractivity contribution in [1.29, 1.82) is 0 Å². The molecule has 0 unspecified atom stereocenters. The first kappa shape index (κ1) is 18.5. The van der Waals surface area contributed by atoms with Crippen LogP contribution in [0.4, 0.5) is 13.2 Å². The Bertz CT molecular complexity index is 1030. The van der Waals surface area contributed by atoms with Crippen LogP contribution in [-0.4, -0.2) is 12.5 Å². The lowest BCUT2D eigenvalue weighted by Gasteiger charge is -2.06. The number of hydrogen-bond acceptors (Lipinski definition) is 1. The smallest absolute Gasteiger partial charge is 0.345 e. The summed E-state index contributed by atoms with van der Waals surface area (Å²) in [5.74, 6) is 5.12. The maximum atomic E-state index is 12.7. The number of hydrogen-bond donors (Lipinski definition) is 1. The third-order valence-electron chi connectivity index (χ3n) is 3.98. The van der Waals surface area contributed by atoms with E-state index in [-0.39, 0.29) is 24.4 Å². The van der Waals surface area contributed by atoms with Gasteiger partial charge in [0.25, 0.3) is 0 Å². The molecule has 0 aliphatic rings. The molecule has 0 bridgehead atoms. The molecule has 27 heavy (non-hydrogen) atoms. The van der Waals surface area contributed by atoms with Crippen molar-refractivity contribution in [3.05, 3.63) is 83.4 Å². The Labute approximate surface area is 155 Å². The lowest BCUT2D eigenvalue weighted by molar-refractivity contribution is -0.137. The molecule has 0 spiro atoms. The van der Waals surface area contributed by atoms with Gasteiger partial charge in [0.05, 0.1) is 18.5 Å². The first-order valence-corrected chi connectivity index (χ1v) is 8.32. The number of fused-ring (bicyclic) bond motifs is 1. The number of carbonyl (C=O) groups is 1. The quantitative estimate of drug-likeness (QED) is 0.675. The van der Waals surface area contributed by atoms with Crippen LogP contribution >= 0.6 is 0 Å². The summed E-state index contributed by atoms with van der Waals surface area (Å²) in [5.41, 5.74) is 0.403. The van der Waals surface area contributed by atoms with E-state index in [1.807, 2.05) is 42.5 Å². The van der Waals surface area contributed by atoms with Crippen molar-refractivity contribution in [1.82, 2.24) is 5.32 Å². The minimum atomic E-state index is -4.40. The molecule has 0 aliphatic carbocycles. The lowest BCUT2D eigenvalue weighted by Crippen LogP contribution is -2.25. The van der Waals surface area contributed by atoms with Crippen LogP contribution in [0, 0.1) is 11.8 Å². The van der Waals surface area contributed by atoms with Gasteiger partial charge in [-0.2, -0.15) is 13.2 Å². The normalized spacial score (nSPS) is 10.9. The molecule has 2 nitrogen and oxygen atoms in total. The molecular weight excluding hydrogens is 351 g/mol. The number of alkyl halides is 3. The second-order valence-electron chi connectivity index (χ2n) is 6.02. The van der Waals surface area contributed by atoms with Gasteiger partial charge in [-0.25, -0.2) is 0 Å². The summed E-state index contributed by atoms with van der Waals surface area (Å²) in [4.78, 5) is 12.0. The molecule has 1 N–H and O–H groups in total. The molecule has 3 aromatic carbocycles. The van der Waals surface area contributed by atoms with Crippen LogP contribution in [0.3, 0.4) is 0 Å². The number of carbonyl (C=O) groups excluding carboxylic acids is 1. The molecule has 3 rings (SSSR count). The average Bonchev–Trinajstić information content (AvgIpc) is 2.65. The van der Waals surface area contributed by atoms with Crippen molar-refractivity contribution in [2.24, 2.45) is 0 Å². The molecule has 1 amide bonds. The van der Waals surface area contributed by atoms with Crippen LogP contribution in [0.25, 0.3) is 10.8 Å². The molecule has 3 aromatic rings. The lowest BCUT2D eigenvalue weighted by atomic mass is 10.1. The van der Waals surface area contributed by atoms with Gasteiger partial charge in [0.1, 0.15) is 0 Å². The van der Waals surface area contributed by atoms with E-state index < -0.39 is 11.7 Å². The van der Waals surface area contributed by atoms with Crippen molar-refractivity contribution in [3.63, 3.8) is 0 Å². The second-order valence-corrected chi connectivity index (χ2v) is 6.02. The van der Waals surface area contributed by atoms with Gasteiger partial charge in [0.2, 0.25) is 5.91 Å². The highest BCUT2D eigenvalue weighted by Crippen LogP contribution is 2.29. The van der Waals surface area contributed by atoms with Gasteiger partial charge in [-0.05, 0) is 34.5 Å². The van der Waals surface area contributed by atoms with Crippen LogP contribution in [0.1, 0.15) is 16.7 Å². The van der Waals surface area contributed by atoms with Crippen LogP contribution in [0.5, 0.6) is 0 Å². The number of amides is 1. The molecule has 0 aromatic heterocycles. The number of benzene rings is 3. The van der Waals surface area contributed by atoms with Crippen molar-refractivity contribution in [2.45, 2.75) is 12.6 Å². The Morgan fingerprint density at radius 3 is 2.48 bits per heavy atom. The first-order valence-electron chi connectivity index (χ1n) is 8.32. The summed E-state index contributed by atoms with van der Waals surface area (Å²) < 4.78 is 38.0. The minimum Gasteiger partial charge on any atom is -0.345 e. The zero-order valence-corrected chi connectivity index (χ0v) is 14.3. The highest BCUT2D eigenvalue weighted by molar-refractivity contribution is 5.85. The zero-order chi connectivity index (χ0) is 19.3. The van der Waals surface area contributed by atoms with E-state index in [0.29, 0.717) is 0 Å². The monoisotopic (exact) mass is 367 g/mol. The SMILES string of the molecule is O=C(Cc1ccc2ccccc2c1)NCC#Cc1cccc(C(F)(F)F)c1. The van der Waals surface area contributed by atoms with E-state index >= 15 is 0 Å². The molecule has 0 radical (unpaired) electrons. The standard InChI is InChI=1S/C22H16F3NO/c23-22(24,25)20-9-3-5-16(14-20)6-4-12-26-21(27)15-17-10-11-18-7-1-2-8-19(18)13-17/h1-3,5,7-11,13-14H,12,15H2,(H,26,27). The fraction of sp³-hybridized carbons (Fsp3) is 0.136. The molecule has 0 saturated heterocycles. The predicted octanol–water partition coefficient (Wildman–Crippen LogP) is 4.57. The topological polar surface area (TPSA) is 29.1 Å². The largest absolute Gasteiger partial charge is 0.416 e. The van der Waals surface area contributed by atoms with Crippen molar-refractivity contribution >= 4 is 16.7 Å². The molecule has 5 heteroatoms. The van der Waals surface area contributed by atoms with E-state index in [4.69, 9.17) is 0 Å². The summed E-state index contributed by atoms with van der Waals surface area (Å²) >= 11 is 0. The van der Waals surface area contributed by atoms with Crippen molar-refractivity contribution in [3.8, 4) is 11.8 Å². The van der Waals surface area contributed by atoms with E-state index in [2.05, 4.69) is 17.2 Å². The van der Waals surface area contributed by atoms with Crippen LogP contribution in [0.15, 0.2) is 66.7 Å². The van der Waals surface area contributed by atoms with E-state index in [1.54, 1.807) is 0 Å². The van der Waals surface area contributed by atoms with Gasteiger partial charge in [0.15, 0.2) is 0 Å². The summed E-state index contributed by atoms with van der Waals surface area (Å²) in [5, 5.41) is 4.83. The average molecular weight is 367 g/mol. The van der Waals surface area contributed by atoms with Crippen LogP contribution < -0.4 is 5.32 Å². The maximum absolute atomic E-state index is 12.7. The van der Waals surface area contributed by atoms with Crippen molar-refractivity contribution in [2.75, 3.05) is 6.54 Å². The fourth-order valence-corrected chi connectivity index (χ4v) is 2.66. The maximum Gasteiger partial charge on any atom is 0.416 e. The van der Waals surface area contributed by atoms with Crippen molar-refractivity contribution < 1.29 is 18.0 Å². The van der Waals surface area contributed by atoms with Gasteiger partial charge >= 0.3 is 6.18 Å². The Morgan fingerprint density at radius 2 is 1.70 bits per heavy atom. The zero-order valence-electron chi connectivity index (χ0n) is 14.3. The summed E-state index contributed by atoms with van der Waals surface area (Å²) in [6.07, 6.45) is -4.18. The molecule has 136 valence electrons.